The van der Waals surface area contributed by atoms with Crippen LogP contribution < -0.4 is 16.4 Å². The van der Waals surface area contributed by atoms with Gasteiger partial charge in [-0.25, -0.2) is 0 Å². The summed E-state index contributed by atoms with van der Waals surface area (Å²) in [5.41, 5.74) is 7.78. The van der Waals surface area contributed by atoms with Crippen LogP contribution in [-0.4, -0.2) is 18.9 Å². The van der Waals surface area contributed by atoms with Crippen LogP contribution in [-0.2, 0) is 4.79 Å². The summed E-state index contributed by atoms with van der Waals surface area (Å²) in [6, 6.07) is 15.0. The van der Waals surface area contributed by atoms with E-state index in [1.807, 2.05) is 18.2 Å². The Balaban J connectivity index is 2.04. The predicted octanol–water partition coefficient (Wildman–Crippen LogP) is 1.68. The topological polar surface area (TPSA) is 84.2 Å². The van der Waals surface area contributed by atoms with Crippen LogP contribution in [0.15, 0.2) is 54.6 Å². The highest BCUT2D eigenvalue weighted by atomic mass is 16.2. The van der Waals surface area contributed by atoms with Gasteiger partial charge in [-0.15, -0.1) is 0 Å². The Morgan fingerprint density at radius 2 is 1.62 bits per heavy atom. The number of carbonyl (C=O) groups excluding carboxylic acids is 2. The lowest BCUT2D eigenvalue weighted by molar-refractivity contribution is -0.117. The van der Waals surface area contributed by atoms with E-state index in [1.165, 1.54) is 0 Å². The smallest absolute Gasteiger partial charge is 0.251 e. The number of nitrogens with one attached hydrogen (secondary N) is 2. The Morgan fingerprint density at radius 1 is 1.00 bits per heavy atom. The van der Waals surface area contributed by atoms with E-state index in [0.717, 1.165) is 5.56 Å². The summed E-state index contributed by atoms with van der Waals surface area (Å²) in [5, 5.41) is 5.26. The summed E-state index contributed by atoms with van der Waals surface area (Å²) in [6.07, 6.45) is 0. The molecule has 21 heavy (non-hydrogen) atoms. The SMILES string of the molecule is CNC(=O)c1ccc(NC(=O)C(N)c2ccccc2)cc1. The fraction of sp³-hybridized carbons (Fsp3) is 0.125. The lowest BCUT2D eigenvalue weighted by atomic mass is 10.1. The molecule has 1 unspecified atom stereocenters. The molecule has 0 fully saturated rings. The van der Waals surface area contributed by atoms with Crippen molar-refractivity contribution in [3.63, 3.8) is 0 Å². The second-order valence-electron chi connectivity index (χ2n) is 4.53. The Morgan fingerprint density at radius 3 is 2.19 bits per heavy atom. The van der Waals surface area contributed by atoms with Crippen molar-refractivity contribution in [3.8, 4) is 0 Å². The van der Waals surface area contributed by atoms with Crippen LogP contribution in [0.25, 0.3) is 0 Å². The zero-order valence-corrected chi connectivity index (χ0v) is 11.7. The maximum absolute atomic E-state index is 12.1. The van der Waals surface area contributed by atoms with Crippen LogP contribution >= 0.6 is 0 Å². The lowest BCUT2D eigenvalue weighted by Crippen LogP contribution is -2.27. The number of hydrogen-bond donors (Lipinski definition) is 3. The molecule has 0 heterocycles. The van der Waals surface area contributed by atoms with Crippen LogP contribution in [0, 0.1) is 0 Å². The molecule has 0 saturated heterocycles. The van der Waals surface area contributed by atoms with Crippen LogP contribution in [0.1, 0.15) is 22.0 Å². The van der Waals surface area contributed by atoms with Gasteiger partial charge in [-0.3, -0.25) is 9.59 Å². The van der Waals surface area contributed by atoms with Crippen molar-refractivity contribution in [3.05, 3.63) is 65.7 Å². The third-order valence-electron chi connectivity index (χ3n) is 3.08. The van der Waals surface area contributed by atoms with Gasteiger partial charge in [-0.1, -0.05) is 30.3 Å². The zero-order chi connectivity index (χ0) is 15.2. The number of carbonyl (C=O) groups is 2. The zero-order valence-electron chi connectivity index (χ0n) is 11.7. The normalized spacial score (nSPS) is 11.5. The summed E-state index contributed by atoms with van der Waals surface area (Å²) in [4.78, 5) is 23.5. The van der Waals surface area contributed by atoms with E-state index in [9.17, 15) is 9.59 Å². The van der Waals surface area contributed by atoms with E-state index in [0.29, 0.717) is 11.3 Å². The second kappa shape index (κ2) is 6.67. The summed E-state index contributed by atoms with van der Waals surface area (Å²) < 4.78 is 0. The number of nitrogens with two attached hydrogens (primary N) is 1. The molecule has 2 aromatic carbocycles. The first-order valence-electron chi connectivity index (χ1n) is 6.55. The van der Waals surface area contributed by atoms with Crippen molar-refractivity contribution in [2.75, 3.05) is 12.4 Å². The Bertz CT molecular complexity index is 624. The average Bonchev–Trinajstić information content (AvgIpc) is 2.55. The molecule has 0 aromatic heterocycles. The van der Waals surface area contributed by atoms with Gasteiger partial charge in [0.1, 0.15) is 6.04 Å². The highest BCUT2D eigenvalue weighted by molar-refractivity contribution is 5.97. The van der Waals surface area contributed by atoms with Gasteiger partial charge >= 0.3 is 0 Å². The number of hydrogen-bond acceptors (Lipinski definition) is 3. The standard InChI is InChI=1S/C16H17N3O2/c1-18-15(20)12-7-9-13(10-8-12)19-16(21)14(17)11-5-3-2-4-6-11/h2-10,14H,17H2,1H3,(H,18,20)(H,19,21). The van der Waals surface area contributed by atoms with E-state index >= 15 is 0 Å². The van der Waals surface area contributed by atoms with Crippen molar-refractivity contribution in [1.82, 2.24) is 5.32 Å². The third-order valence-corrected chi connectivity index (χ3v) is 3.08. The quantitative estimate of drug-likeness (QED) is 0.798. The van der Waals surface area contributed by atoms with Gasteiger partial charge in [0.2, 0.25) is 5.91 Å². The van der Waals surface area contributed by atoms with Crippen LogP contribution in [0.4, 0.5) is 5.69 Å². The first-order valence-corrected chi connectivity index (χ1v) is 6.55. The molecular weight excluding hydrogens is 266 g/mol. The first kappa shape index (κ1) is 14.7. The van der Waals surface area contributed by atoms with E-state index in [4.69, 9.17) is 5.73 Å². The summed E-state index contributed by atoms with van der Waals surface area (Å²) >= 11 is 0. The third kappa shape index (κ3) is 3.67. The minimum Gasteiger partial charge on any atom is -0.355 e. The molecule has 0 spiro atoms. The second-order valence-corrected chi connectivity index (χ2v) is 4.53. The van der Waals surface area contributed by atoms with Crippen molar-refractivity contribution in [2.45, 2.75) is 6.04 Å². The highest BCUT2D eigenvalue weighted by Crippen LogP contribution is 2.14. The summed E-state index contributed by atoms with van der Waals surface area (Å²) in [7, 11) is 1.57. The Hall–Kier alpha value is -2.66. The molecule has 2 amide bonds. The van der Waals surface area contributed by atoms with Crippen molar-refractivity contribution < 1.29 is 9.59 Å². The fourth-order valence-electron chi connectivity index (χ4n) is 1.88. The molecule has 1 atom stereocenters. The number of amides is 2. The Labute approximate surface area is 123 Å². The molecule has 5 nitrogen and oxygen atoms in total. The number of anilines is 1. The number of rotatable bonds is 4. The minimum absolute atomic E-state index is 0.172. The lowest BCUT2D eigenvalue weighted by Gasteiger charge is -2.12. The Kier molecular flexibility index (Phi) is 4.68. The fourth-order valence-corrected chi connectivity index (χ4v) is 1.88. The number of benzene rings is 2. The van der Waals surface area contributed by atoms with Gasteiger partial charge in [0.25, 0.3) is 5.91 Å². The summed E-state index contributed by atoms with van der Waals surface area (Å²) in [5.74, 6) is -0.470. The van der Waals surface area contributed by atoms with Crippen LogP contribution in [0.2, 0.25) is 0 Å². The van der Waals surface area contributed by atoms with E-state index in [1.54, 1.807) is 43.4 Å². The van der Waals surface area contributed by atoms with E-state index in [-0.39, 0.29) is 11.8 Å². The molecule has 0 bridgehead atoms. The predicted molar refractivity (Wildman–Crippen MR) is 81.8 cm³/mol. The van der Waals surface area contributed by atoms with Gasteiger partial charge in [-0.2, -0.15) is 0 Å². The molecule has 4 N–H and O–H groups in total. The van der Waals surface area contributed by atoms with E-state index in [2.05, 4.69) is 10.6 Å². The van der Waals surface area contributed by atoms with E-state index < -0.39 is 6.04 Å². The van der Waals surface area contributed by atoms with Crippen molar-refractivity contribution >= 4 is 17.5 Å². The largest absolute Gasteiger partial charge is 0.355 e. The molecule has 2 aromatic rings. The molecule has 0 aliphatic rings. The molecular formula is C16H17N3O2. The van der Waals surface area contributed by atoms with Gasteiger partial charge in [0.15, 0.2) is 0 Å². The first-order chi connectivity index (χ1) is 10.1. The van der Waals surface area contributed by atoms with Gasteiger partial charge in [-0.05, 0) is 29.8 Å². The summed E-state index contributed by atoms with van der Waals surface area (Å²) in [6.45, 7) is 0. The molecule has 0 saturated carbocycles. The molecule has 5 heteroatoms. The molecule has 2 rings (SSSR count). The van der Waals surface area contributed by atoms with Crippen molar-refractivity contribution in [1.29, 1.82) is 0 Å². The van der Waals surface area contributed by atoms with Crippen molar-refractivity contribution in [2.24, 2.45) is 5.73 Å². The van der Waals surface area contributed by atoms with Gasteiger partial charge in [0, 0.05) is 18.3 Å². The van der Waals surface area contributed by atoms with Gasteiger partial charge < -0.3 is 16.4 Å². The maximum Gasteiger partial charge on any atom is 0.251 e. The highest BCUT2D eigenvalue weighted by Gasteiger charge is 2.15. The molecule has 108 valence electrons. The van der Waals surface area contributed by atoms with Crippen LogP contribution in [0.3, 0.4) is 0 Å². The monoisotopic (exact) mass is 283 g/mol. The molecule has 0 aliphatic heterocycles. The van der Waals surface area contributed by atoms with Gasteiger partial charge in [0.05, 0.1) is 0 Å². The molecule has 0 aliphatic carbocycles. The average molecular weight is 283 g/mol. The van der Waals surface area contributed by atoms with Crippen LogP contribution in [0.5, 0.6) is 0 Å². The minimum atomic E-state index is -0.732. The molecule has 0 radical (unpaired) electrons. The maximum atomic E-state index is 12.1.